The molecule has 4 atom stereocenters. The highest BCUT2D eigenvalue weighted by Crippen LogP contribution is 2.38. The molecule has 2 aromatic carbocycles. The van der Waals surface area contributed by atoms with Crippen LogP contribution in [0.5, 0.6) is 17.4 Å². The van der Waals surface area contributed by atoms with Gasteiger partial charge >= 0.3 is 0 Å². The number of aryl methyl sites for hydroxylation is 5. The third-order valence-corrected chi connectivity index (χ3v) is 20.1. The number of H-pyrrole nitrogens is 2. The minimum Gasteiger partial charge on any atom is -0.497 e. The fraction of sp³-hybridized carbons (Fsp3) is 0.358. The number of nitrogens with one attached hydrogen (secondary N) is 2. The molecule has 18 rings (SSSR count). The molecule has 1 amide bonds. The number of anilines is 3. The molecule has 7 aliphatic heterocycles. The summed E-state index contributed by atoms with van der Waals surface area (Å²) in [7, 11) is 4.98. The molecule has 16 heterocycles. The van der Waals surface area contributed by atoms with E-state index in [4.69, 9.17) is 34.1 Å². The monoisotopic (exact) mass is 1420 g/mol. The first-order valence-corrected chi connectivity index (χ1v) is 36.2. The van der Waals surface area contributed by atoms with Crippen LogP contribution in [0.2, 0.25) is 0 Å². The topological polar surface area (TPSA) is 268 Å². The van der Waals surface area contributed by atoms with Gasteiger partial charge in [0.25, 0.3) is 0 Å². The minimum absolute atomic E-state index is 0.0946. The quantitative estimate of drug-likeness (QED) is 0.0677. The van der Waals surface area contributed by atoms with Crippen LogP contribution in [0.15, 0.2) is 152 Å². The van der Waals surface area contributed by atoms with Gasteiger partial charge in [0, 0.05) is 185 Å². The summed E-state index contributed by atoms with van der Waals surface area (Å²) in [6.45, 7) is 20.2. The normalized spacial score (nSPS) is 17.4. The molecule has 7 fully saturated rings. The Kier molecular flexibility index (Phi) is 21.8. The zero-order chi connectivity index (χ0) is 73.4. The number of piperazine rings is 3. The van der Waals surface area contributed by atoms with E-state index in [2.05, 4.69) is 123 Å². The Balaban J connectivity index is 0.000000134. The molecule has 7 saturated heterocycles. The van der Waals surface area contributed by atoms with Crippen molar-refractivity contribution >= 4 is 29.1 Å². The molecule has 2 N–H and O–H groups in total. The number of ketones is 1. The molecule has 0 spiro atoms. The molecule has 7 aliphatic rings. The molecule has 25 heteroatoms. The number of methoxy groups -OCH3 is 3. The van der Waals surface area contributed by atoms with Crippen LogP contribution in [0.4, 0.5) is 17.5 Å². The van der Waals surface area contributed by atoms with Crippen LogP contribution in [0, 0.1) is 34.6 Å². The number of benzene rings is 2. The number of ether oxygens (including phenoxy) is 3. The van der Waals surface area contributed by atoms with E-state index in [9.17, 15) is 9.59 Å². The summed E-state index contributed by atoms with van der Waals surface area (Å²) >= 11 is 0. The lowest BCUT2D eigenvalue weighted by molar-refractivity contribution is -0.130. The SMILES string of the molecule is COc1ccc(CC(=O)N2CCN(c3ccc(-c4nc(C)cc(Cc5cc(C)[nH]n5)n4)cn3)CC2)cn1.COc1ccc(CN2C3CC2CN(c2ccc(-c4nc(C)cc(CC(C)=O)n4)cn2)C3)cc1.COc1ccc(CN2C3CC2CN(c2ccc(-c4nc(C)cc(Cc5cc(C)[nH]n5)n4)cn2)C3)cc1. The summed E-state index contributed by atoms with van der Waals surface area (Å²) in [5, 5.41) is 14.6. The molecule has 544 valence electrons. The molecule has 0 radical (unpaired) electrons. The first-order valence-electron chi connectivity index (χ1n) is 36.2. The second-order valence-electron chi connectivity index (χ2n) is 28.2. The molecule has 0 saturated carbocycles. The first kappa shape index (κ1) is 71.5. The van der Waals surface area contributed by atoms with Crippen molar-refractivity contribution in [2.24, 2.45) is 0 Å². The van der Waals surface area contributed by atoms with E-state index in [1.165, 1.54) is 24.0 Å². The maximum absolute atomic E-state index is 12.8. The lowest BCUT2D eigenvalue weighted by Crippen LogP contribution is -2.68. The molecular weight excluding hydrogens is 1330 g/mol. The van der Waals surface area contributed by atoms with Gasteiger partial charge in [0.2, 0.25) is 11.8 Å². The Morgan fingerprint density at radius 3 is 1.21 bits per heavy atom. The molecule has 4 unspecified atom stereocenters. The van der Waals surface area contributed by atoms with Gasteiger partial charge in [-0.15, -0.1) is 0 Å². The second-order valence-corrected chi connectivity index (χ2v) is 28.2. The van der Waals surface area contributed by atoms with E-state index in [0.29, 0.717) is 86.3 Å². The summed E-state index contributed by atoms with van der Waals surface area (Å²) in [6.07, 6.45) is 11.8. The third kappa shape index (κ3) is 17.5. The lowest BCUT2D eigenvalue weighted by atomic mass is 9.86. The van der Waals surface area contributed by atoms with Crippen molar-refractivity contribution in [2.45, 2.75) is 117 Å². The molecule has 9 aromatic heterocycles. The van der Waals surface area contributed by atoms with Crippen LogP contribution < -0.4 is 28.9 Å². The molecular formula is C81H90N20O5. The Labute approximate surface area is 618 Å². The van der Waals surface area contributed by atoms with Gasteiger partial charge in [-0.05, 0) is 162 Å². The van der Waals surface area contributed by atoms with Crippen LogP contribution in [0.25, 0.3) is 34.2 Å². The molecule has 11 aromatic rings. The van der Waals surface area contributed by atoms with Crippen molar-refractivity contribution < 1.29 is 23.8 Å². The molecule has 4 bridgehead atoms. The molecule has 25 nitrogen and oxygen atoms in total. The highest BCUT2D eigenvalue weighted by Gasteiger charge is 2.46. The third-order valence-electron chi connectivity index (χ3n) is 20.1. The number of rotatable bonds is 21. The maximum atomic E-state index is 12.8. The number of aromatic amines is 2. The van der Waals surface area contributed by atoms with Crippen LogP contribution >= 0.6 is 0 Å². The van der Waals surface area contributed by atoms with E-state index in [0.717, 1.165) is 161 Å². The van der Waals surface area contributed by atoms with Gasteiger partial charge in [0.1, 0.15) is 34.7 Å². The zero-order valence-electron chi connectivity index (χ0n) is 61.6. The molecule has 106 heavy (non-hydrogen) atoms. The fourth-order valence-electron chi connectivity index (χ4n) is 14.7. The van der Waals surface area contributed by atoms with Crippen LogP contribution in [0.3, 0.4) is 0 Å². The minimum atomic E-state index is 0.0946. The fourth-order valence-corrected chi connectivity index (χ4v) is 14.7. The van der Waals surface area contributed by atoms with E-state index in [1.54, 1.807) is 40.5 Å². The zero-order valence-corrected chi connectivity index (χ0v) is 61.6. The predicted octanol–water partition coefficient (Wildman–Crippen LogP) is 10.2. The van der Waals surface area contributed by atoms with E-state index >= 15 is 0 Å². The van der Waals surface area contributed by atoms with Crippen LogP contribution in [-0.2, 0) is 48.4 Å². The van der Waals surface area contributed by atoms with Gasteiger partial charge in [-0.1, -0.05) is 30.3 Å². The number of fused-ring (bicyclic) bond motifs is 4. The summed E-state index contributed by atoms with van der Waals surface area (Å²) in [5.41, 5.74) is 15.6. The van der Waals surface area contributed by atoms with Gasteiger partial charge in [-0.3, -0.25) is 29.6 Å². The van der Waals surface area contributed by atoms with E-state index in [1.807, 2.05) is 131 Å². The summed E-state index contributed by atoms with van der Waals surface area (Å²) in [5.74, 6) is 7.44. The smallest absolute Gasteiger partial charge is 0.227 e. The van der Waals surface area contributed by atoms with Crippen molar-refractivity contribution in [1.82, 2.24) is 84.9 Å². The lowest BCUT2D eigenvalue weighted by Gasteiger charge is -2.56. The number of carbonyl (C=O) groups excluding carboxylic acids is 2. The summed E-state index contributed by atoms with van der Waals surface area (Å²) in [6, 6.07) is 44.9. The maximum Gasteiger partial charge on any atom is 0.227 e. The summed E-state index contributed by atoms with van der Waals surface area (Å²) in [4.78, 5) is 84.7. The average molecular weight is 1420 g/mol. The standard InChI is InChI=1S/C28H31N7O.C27H30N8O2.C26H29N5O2/c1-18-10-22(12-23-11-19(2)32-33-23)31-28(30-18)21-6-9-27(29-14-21)34-16-24-13-25(17-34)35(24)15-20-4-7-26(36-3)8-5-20;1-18-12-22(15-23-13-19(2)32-33-23)31-27(30-18)21-5-6-24(28-17-21)34-8-10-35(11-9-34)26(36)14-20-4-7-25(37-3)29-16-20;1-17-10-21(11-18(2)32)29-26(28-17)20-6-9-25(27-13-20)30-15-22-12-23(16-30)31(22)14-19-4-7-24(33-3)8-5-19/h4-11,14,24-25H,12-13,15-17H2,1-3H3,(H,32,33);4-7,12-13,16-17H,8-11,14-15H2,1-3H3,(H,32,33);4-10,13,22-23H,11-12,14-16H2,1-3H3. The highest BCUT2D eigenvalue weighted by molar-refractivity contribution is 5.79. The largest absolute Gasteiger partial charge is 0.497 e. The second kappa shape index (κ2) is 32.3. The number of Topliss-reactive ketones (excluding diaryl/α,β-unsaturated/α-hetero) is 1. The Bertz CT molecular complexity index is 4790. The van der Waals surface area contributed by atoms with Gasteiger partial charge < -0.3 is 33.8 Å². The highest BCUT2D eigenvalue weighted by atomic mass is 16.5. The average Bonchev–Trinajstić information content (AvgIpc) is 0.827. The number of hydrogen-bond acceptors (Lipinski definition) is 22. The van der Waals surface area contributed by atoms with Crippen LogP contribution in [-0.4, -0.2) is 194 Å². The van der Waals surface area contributed by atoms with Gasteiger partial charge in [0.05, 0.1) is 56.2 Å². The predicted molar refractivity (Wildman–Crippen MR) is 406 cm³/mol. The van der Waals surface area contributed by atoms with Crippen molar-refractivity contribution in [3.8, 4) is 51.5 Å². The van der Waals surface area contributed by atoms with Crippen molar-refractivity contribution in [3.63, 3.8) is 0 Å². The van der Waals surface area contributed by atoms with E-state index in [-0.39, 0.29) is 11.7 Å². The number of pyridine rings is 4. The molecule has 0 aliphatic carbocycles. The Morgan fingerprint density at radius 2 is 0.840 bits per heavy atom. The van der Waals surface area contributed by atoms with Crippen molar-refractivity contribution in [2.75, 3.05) is 88.4 Å². The number of amides is 1. The van der Waals surface area contributed by atoms with Crippen LogP contribution in [0.1, 0.15) is 93.4 Å². The van der Waals surface area contributed by atoms with Crippen molar-refractivity contribution in [3.05, 3.63) is 226 Å². The number of piperidine rings is 2. The Hall–Kier alpha value is -11.4. The number of nitrogens with zero attached hydrogens (tertiary/aromatic N) is 18. The first-order chi connectivity index (χ1) is 51.5. The Morgan fingerprint density at radius 1 is 0.425 bits per heavy atom. The van der Waals surface area contributed by atoms with Crippen molar-refractivity contribution in [1.29, 1.82) is 0 Å². The number of carbonyl (C=O) groups is 2. The van der Waals surface area contributed by atoms with E-state index < -0.39 is 0 Å². The number of hydrogen-bond donors (Lipinski definition) is 2. The van der Waals surface area contributed by atoms with Gasteiger partial charge in [0.15, 0.2) is 17.5 Å². The number of aromatic nitrogens is 14. The van der Waals surface area contributed by atoms with Gasteiger partial charge in [-0.2, -0.15) is 10.2 Å². The summed E-state index contributed by atoms with van der Waals surface area (Å²) < 4.78 is 15.6. The van der Waals surface area contributed by atoms with Gasteiger partial charge in [-0.25, -0.2) is 49.8 Å².